The zero-order chi connectivity index (χ0) is 27.6. The minimum absolute atomic E-state index is 0.000690. The molecule has 0 aromatic heterocycles. The molecular formula is C29H38N2O7. The third kappa shape index (κ3) is 4.07. The number of hydrogen-bond donors (Lipinski definition) is 3. The number of anilines is 1. The fourth-order valence-electron chi connectivity index (χ4n) is 6.97. The number of hydroxylamine groups is 1. The van der Waals surface area contributed by atoms with Crippen LogP contribution in [-0.4, -0.2) is 59.3 Å². The predicted octanol–water partition coefficient (Wildman–Crippen LogP) is 2.72. The lowest BCUT2D eigenvalue weighted by Gasteiger charge is -2.55. The Labute approximate surface area is 223 Å². The molecule has 9 atom stereocenters. The molecule has 0 amide bonds. The van der Waals surface area contributed by atoms with E-state index in [-0.39, 0.29) is 24.2 Å². The summed E-state index contributed by atoms with van der Waals surface area (Å²) in [4.78, 5) is 31.7. The Kier molecular flexibility index (Phi) is 6.70. The molecule has 2 heterocycles. The van der Waals surface area contributed by atoms with Gasteiger partial charge in [-0.25, -0.2) is 0 Å². The third-order valence-corrected chi connectivity index (χ3v) is 9.02. The maximum atomic E-state index is 13.7. The molecule has 1 saturated carbocycles. The van der Waals surface area contributed by atoms with Gasteiger partial charge >= 0.3 is 11.9 Å². The number of carbonyl (C=O) groups excluding carboxylic acids is 2. The molecule has 2 fully saturated rings. The van der Waals surface area contributed by atoms with E-state index >= 15 is 0 Å². The number of hydrogen-bond acceptors (Lipinski definition) is 9. The molecule has 1 saturated heterocycles. The molecule has 9 heteroatoms. The van der Waals surface area contributed by atoms with Crippen molar-refractivity contribution in [1.82, 2.24) is 5.32 Å². The first kappa shape index (κ1) is 26.9. The van der Waals surface area contributed by atoms with Crippen LogP contribution in [0.5, 0.6) is 0 Å². The summed E-state index contributed by atoms with van der Waals surface area (Å²) >= 11 is 0. The van der Waals surface area contributed by atoms with Crippen molar-refractivity contribution in [2.75, 3.05) is 12.1 Å². The Morgan fingerprint density at radius 2 is 1.89 bits per heavy atom. The molecule has 38 heavy (non-hydrogen) atoms. The van der Waals surface area contributed by atoms with E-state index < -0.39 is 47.6 Å². The van der Waals surface area contributed by atoms with Gasteiger partial charge in [0.05, 0.1) is 5.69 Å². The van der Waals surface area contributed by atoms with E-state index in [1.807, 2.05) is 51.1 Å². The fraction of sp³-hybridized carbons (Fsp3) is 0.586. The average Bonchev–Trinajstić information content (AvgIpc) is 3.21. The SMILES string of the molecule is C=C(C)[C@@H]1CC[C@@H](C)[C@@]2(O)[C@@H]1C=C(C)[C@@H](OC(C)=O)[C@@H]2OC(=O)[C@@H]1C[C@@]2(O)c3ccccc3N(C)O[C@H]2N1. The van der Waals surface area contributed by atoms with E-state index in [0.29, 0.717) is 17.7 Å². The van der Waals surface area contributed by atoms with Crippen molar-refractivity contribution in [3.8, 4) is 0 Å². The van der Waals surface area contributed by atoms with Crippen LogP contribution in [0.1, 0.15) is 52.5 Å². The Balaban J connectivity index is 1.47. The highest BCUT2D eigenvalue weighted by Gasteiger charge is 2.61. The van der Waals surface area contributed by atoms with Gasteiger partial charge in [-0.3, -0.25) is 24.8 Å². The van der Waals surface area contributed by atoms with Crippen molar-refractivity contribution < 1.29 is 34.1 Å². The number of rotatable bonds is 4. The summed E-state index contributed by atoms with van der Waals surface area (Å²) in [6, 6.07) is 6.43. The maximum absolute atomic E-state index is 13.7. The number of nitrogens with zero attached hydrogens (tertiary/aromatic N) is 1. The lowest BCUT2D eigenvalue weighted by atomic mass is 9.56. The monoisotopic (exact) mass is 526 g/mol. The zero-order valence-electron chi connectivity index (χ0n) is 22.6. The van der Waals surface area contributed by atoms with Crippen molar-refractivity contribution >= 4 is 17.6 Å². The van der Waals surface area contributed by atoms with Crippen LogP contribution in [0.25, 0.3) is 0 Å². The predicted molar refractivity (Wildman–Crippen MR) is 139 cm³/mol. The Hall–Kier alpha value is -2.72. The number of benzene rings is 1. The summed E-state index contributed by atoms with van der Waals surface area (Å²) in [6.45, 7) is 11.2. The second-order valence-corrected chi connectivity index (χ2v) is 11.5. The van der Waals surface area contributed by atoms with Crippen molar-refractivity contribution in [2.45, 2.75) is 82.6 Å². The zero-order valence-corrected chi connectivity index (χ0v) is 22.6. The van der Waals surface area contributed by atoms with Crippen LogP contribution < -0.4 is 10.4 Å². The first-order valence-corrected chi connectivity index (χ1v) is 13.3. The molecule has 1 aromatic rings. The first-order valence-electron chi connectivity index (χ1n) is 13.3. The molecular weight excluding hydrogens is 488 g/mol. The second kappa shape index (κ2) is 9.48. The van der Waals surface area contributed by atoms with Crippen molar-refractivity contribution in [1.29, 1.82) is 0 Å². The molecule has 206 valence electrons. The van der Waals surface area contributed by atoms with Gasteiger partial charge in [-0.05, 0) is 50.2 Å². The topological polar surface area (TPSA) is 118 Å². The Morgan fingerprint density at radius 1 is 1.18 bits per heavy atom. The van der Waals surface area contributed by atoms with Crippen LogP contribution in [-0.2, 0) is 29.5 Å². The normalized spacial score (nSPS) is 39.8. The lowest BCUT2D eigenvalue weighted by Crippen LogP contribution is -2.66. The smallest absolute Gasteiger partial charge is 0.323 e. The van der Waals surface area contributed by atoms with Gasteiger partial charge in [-0.1, -0.05) is 43.4 Å². The molecule has 1 aromatic carbocycles. The van der Waals surface area contributed by atoms with Crippen LogP contribution in [0.2, 0.25) is 0 Å². The minimum Gasteiger partial charge on any atom is -0.454 e. The van der Waals surface area contributed by atoms with E-state index in [1.165, 1.54) is 6.92 Å². The maximum Gasteiger partial charge on any atom is 0.323 e. The second-order valence-electron chi connectivity index (χ2n) is 11.5. The van der Waals surface area contributed by atoms with Gasteiger partial charge < -0.3 is 19.7 Å². The van der Waals surface area contributed by atoms with Gasteiger partial charge in [-0.2, -0.15) is 0 Å². The van der Waals surface area contributed by atoms with Crippen molar-refractivity contribution in [3.05, 3.63) is 53.6 Å². The summed E-state index contributed by atoms with van der Waals surface area (Å²) in [6.07, 6.45) is 0.619. The van der Waals surface area contributed by atoms with Gasteiger partial charge in [0.15, 0.2) is 18.4 Å². The standard InChI is InChI=1S/C29H38N2O7/c1-15(2)19-12-11-17(4)29(35)21(19)13-16(3)24(36-18(5)32)25(29)37-26(33)22-14-28(34)20-9-7-8-10-23(20)31(6)38-27(28)30-22/h7-10,13,17,19,21-22,24-25,27,30,34-35H,1,11-12,14H2,2-6H3/t17-,19+,21-,22+,24-,25+,27-,28-,29-/m1/s1. The number of allylic oxidation sites excluding steroid dienone is 1. The summed E-state index contributed by atoms with van der Waals surface area (Å²) in [5, 5.41) is 28.6. The molecule has 5 rings (SSSR count). The Bertz CT molecular complexity index is 1180. The van der Waals surface area contributed by atoms with Gasteiger partial charge in [0.1, 0.15) is 17.2 Å². The molecule has 2 aliphatic heterocycles. The summed E-state index contributed by atoms with van der Waals surface area (Å²) in [5.41, 5.74) is 0.113. The molecule has 0 radical (unpaired) electrons. The van der Waals surface area contributed by atoms with Crippen LogP contribution in [0.15, 0.2) is 48.1 Å². The summed E-state index contributed by atoms with van der Waals surface area (Å²) < 4.78 is 11.8. The highest BCUT2D eigenvalue weighted by Crippen LogP contribution is 2.52. The Morgan fingerprint density at radius 3 is 2.58 bits per heavy atom. The summed E-state index contributed by atoms with van der Waals surface area (Å²) in [7, 11) is 1.74. The molecule has 0 unspecified atom stereocenters. The molecule has 3 N–H and O–H groups in total. The molecule has 0 bridgehead atoms. The van der Waals surface area contributed by atoms with E-state index in [0.717, 1.165) is 17.6 Å². The minimum atomic E-state index is -1.47. The van der Waals surface area contributed by atoms with E-state index in [9.17, 15) is 19.8 Å². The number of esters is 2. The number of carbonyl (C=O) groups is 2. The molecule has 9 nitrogen and oxygen atoms in total. The molecule has 0 spiro atoms. The van der Waals surface area contributed by atoms with E-state index in [2.05, 4.69) is 11.9 Å². The van der Waals surface area contributed by atoms with Crippen molar-refractivity contribution in [2.24, 2.45) is 17.8 Å². The summed E-state index contributed by atoms with van der Waals surface area (Å²) in [5.74, 6) is -1.75. The van der Waals surface area contributed by atoms with Crippen LogP contribution in [0.4, 0.5) is 5.69 Å². The van der Waals surface area contributed by atoms with Gasteiger partial charge in [0.2, 0.25) is 0 Å². The van der Waals surface area contributed by atoms with Crippen LogP contribution in [0, 0.1) is 17.8 Å². The fourth-order valence-corrected chi connectivity index (χ4v) is 6.97. The molecule has 4 aliphatic rings. The number of nitrogens with one attached hydrogen (secondary N) is 1. The number of aliphatic hydroxyl groups is 2. The quantitative estimate of drug-likeness (QED) is 0.402. The van der Waals surface area contributed by atoms with Gasteiger partial charge in [0, 0.05) is 31.9 Å². The number of ether oxygens (including phenoxy) is 2. The van der Waals surface area contributed by atoms with Gasteiger partial charge in [-0.15, -0.1) is 0 Å². The van der Waals surface area contributed by atoms with E-state index in [1.54, 1.807) is 12.1 Å². The average molecular weight is 527 g/mol. The third-order valence-electron chi connectivity index (χ3n) is 9.02. The van der Waals surface area contributed by atoms with Crippen LogP contribution in [0.3, 0.4) is 0 Å². The van der Waals surface area contributed by atoms with Crippen molar-refractivity contribution in [3.63, 3.8) is 0 Å². The highest BCUT2D eigenvalue weighted by atomic mass is 16.7. The first-order chi connectivity index (χ1) is 17.9. The largest absolute Gasteiger partial charge is 0.454 e. The van der Waals surface area contributed by atoms with E-state index in [4.69, 9.17) is 14.3 Å². The highest BCUT2D eigenvalue weighted by molar-refractivity contribution is 5.77. The number of fused-ring (bicyclic) bond motifs is 4. The van der Waals surface area contributed by atoms with Crippen LogP contribution >= 0.6 is 0 Å². The lowest BCUT2D eigenvalue weighted by molar-refractivity contribution is -0.221. The molecule has 2 aliphatic carbocycles. The number of para-hydroxylation sites is 1. The van der Waals surface area contributed by atoms with Gasteiger partial charge in [0.25, 0.3) is 0 Å².